The van der Waals surface area contributed by atoms with Crippen LogP contribution in [0.4, 0.5) is 22.0 Å². The predicted molar refractivity (Wildman–Crippen MR) is 134 cm³/mol. The molecule has 0 saturated carbocycles. The van der Waals surface area contributed by atoms with Gasteiger partial charge in [0.15, 0.2) is 5.82 Å². The van der Waals surface area contributed by atoms with Gasteiger partial charge in [0.05, 0.1) is 20.6 Å². The number of nitrogens with zero attached hydrogens (tertiary/aromatic N) is 1. The molecular weight excluding hydrogens is 565 g/mol. The number of carbonyl (C=O) groups excluding carboxylic acids is 1. The highest BCUT2D eigenvalue weighted by atomic mass is 79.9. The first-order chi connectivity index (χ1) is 16.7. The van der Waals surface area contributed by atoms with Gasteiger partial charge < -0.3 is 4.90 Å². The van der Waals surface area contributed by atoms with Crippen molar-refractivity contribution >= 4 is 33.4 Å². The van der Waals surface area contributed by atoms with Crippen molar-refractivity contribution < 1.29 is 26.7 Å². The van der Waals surface area contributed by atoms with Crippen molar-refractivity contribution in [1.82, 2.24) is 4.90 Å². The molecule has 36 heavy (non-hydrogen) atoms. The molecule has 0 aliphatic heterocycles. The molecule has 0 aromatic heterocycles. The maximum absolute atomic E-state index is 14.8. The lowest BCUT2D eigenvalue weighted by molar-refractivity contribution is -0.137. The van der Waals surface area contributed by atoms with E-state index in [4.69, 9.17) is 11.6 Å². The smallest absolute Gasteiger partial charge is 0.334 e. The third kappa shape index (κ3) is 6.85. The average molecular weight is 589 g/mol. The highest BCUT2D eigenvalue weighted by Crippen LogP contribution is 2.34. The minimum atomic E-state index is -4.81. The van der Waals surface area contributed by atoms with Crippen molar-refractivity contribution in [1.29, 1.82) is 0 Å². The van der Waals surface area contributed by atoms with Crippen molar-refractivity contribution in [3.63, 3.8) is 0 Å². The van der Waals surface area contributed by atoms with E-state index in [9.17, 15) is 26.7 Å². The van der Waals surface area contributed by atoms with E-state index in [0.717, 1.165) is 11.1 Å². The Hall–Kier alpha value is -2.45. The minimum absolute atomic E-state index is 0.0267. The van der Waals surface area contributed by atoms with Gasteiger partial charge in [-0.25, -0.2) is 8.78 Å². The number of rotatable bonds is 6. The van der Waals surface area contributed by atoms with Gasteiger partial charge in [-0.05, 0) is 68.7 Å². The Morgan fingerprint density at radius 1 is 0.917 bits per heavy atom. The molecule has 0 aliphatic carbocycles. The molecule has 1 amide bonds. The summed E-state index contributed by atoms with van der Waals surface area (Å²) in [5.74, 6) is -2.60. The van der Waals surface area contributed by atoms with Gasteiger partial charge in [0, 0.05) is 13.1 Å². The summed E-state index contributed by atoms with van der Waals surface area (Å²) in [5.41, 5.74) is 0.399. The molecule has 0 N–H and O–H groups in total. The van der Waals surface area contributed by atoms with E-state index >= 15 is 0 Å². The monoisotopic (exact) mass is 587 g/mol. The van der Waals surface area contributed by atoms with Gasteiger partial charge in [-0.15, -0.1) is 0 Å². The second-order valence-electron chi connectivity index (χ2n) is 9.49. The second kappa shape index (κ2) is 10.9. The molecule has 0 aliphatic rings. The van der Waals surface area contributed by atoms with Gasteiger partial charge in [-0.3, -0.25) is 4.79 Å². The molecule has 0 bridgehead atoms. The highest BCUT2D eigenvalue weighted by molar-refractivity contribution is 9.10. The van der Waals surface area contributed by atoms with E-state index in [-0.39, 0.29) is 29.4 Å². The first kappa shape index (κ1) is 28.1. The Morgan fingerprint density at radius 2 is 1.53 bits per heavy atom. The molecule has 0 heterocycles. The van der Waals surface area contributed by atoms with Crippen LogP contribution in [0.25, 0.3) is 0 Å². The van der Waals surface area contributed by atoms with E-state index in [1.54, 1.807) is 12.1 Å². The Kier molecular flexibility index (Phi) is 8.51. The fraction of sp³-hybridized carbons (Fsp3) is 0.296. The van der Waals surface area contributed by atoms with Crippen LogP contribution < -0.4 is 0 Å². The number of carbonyl (C=O) groups is 1. The lowest BCUT2D eigenvalue weighted by Gasteiger charge is -2.25. The van der Waals surface area contributed by atoms with Crippen LogP contribution in [0, 0.1) is 11.6 Å². The summed E-state index contributed by atoms with van der Waals surface area (Å²) >= 11 is 8.83. The molecule has 0 spiro atoms. The SMILES string of the molecule is CC(C)(C)c1ccc(CN(CCc2ccc(F)c(Br)c2)C(=O)c2cc(C(F)(F)F)cc(Cl)c2F)cc1. The zero-order valence-electron chi connectivity index (χ0n) is 19.8. The van der Waals surface area contributed by atoms with Gasteiger partial charge in [-0.2, -0.15) is 13.2 Å². The van der Waals surface area contributed by atoms with Crippen LogP contribution in [0.15, 0.2) is 59.1 Å². The standard InChI is InChI=1S/C27H24BrClF5NO/c1-26(2,3)18-7-4-17(5-8-18)15-35(11-10-16-6-9-23(30)21(28)12-16)25(36)20-13-19(27(32,33)34)14-22(29)24(20)31/h4-9,12-14H,10-11,15H2,1-3H3. The molecule has 0 radical (unpaired) electrons. The van der Waals surface area contributed by atoms with Crippen molar-refractivity contribution in [3.8, 4) is 0 Å². The van der Waals surface area contributed by atoms with Crippen molar-refractivity contribution in [2.75, 3.05) is 6.54 Å². The zero-order valence-corrected chi connectivity index (χ0v) is 22.2. The Labute approximate surface area is 220 Å². The number of alkyl halides is 3. The zero-order chi connectivity index (χ0) is 26.8. The van der Waals surface area contributed by atoms with Crippen LogP contribution >= 0.6 is 27.5 Å². The Morgan fingerprint density at radius 3 is 2.08 bits per heavy atom. The number of benzene rings is 3. The normalized spacial score (nSPS) is 12.1. The first-order valence-corrected chi connectivity index (χ1v) is 12.2. The fourth-order valence-corrected chi connectivity index (χ4v) is 4.27. The van der Waals surface area contributed by atoms with Crippen LogP contribution in [-0.4, -0.2) is 17.4 Å². The molecule has 2 nitrogen and oxygen atoms in total. The number of hydrogen-bond acceptors (Lipinski definition) is 1. The summed E-state index contributed by atoms with van der Waals surface area (Å²) < 4.78 is 68.6. The van der Waals surface area contributed by atoms with Gasteiger partial charge >= 0.3 is 6.18 Å². The summed E-state index contributed by atoms with van der Waals surface area (Å²) in [6.07, 6.45) is -4.54. The summed E-state index contributed by atoms with van der Waals surface area (Å²) in [6, 6.07) is 12.8. The molecule has 0 fully saturated rings. The molecule has 9 heteroatoms. The van der Waals surface area contributed by atoms with E-state index in [2.05, 4.69) is 36.7 Å². The number of halogens is 7. The lowest BCUT2D eigenvalue weighted by atomic mass is 9.87. The molecular formula is C27H24BrClF5NO. The third-order valence-corrected chi connectivity index (χ3v) is 6.60. The lowest BCUT2D eigenvalue weighted by Crippen LogP contribution is -2.33. The number of amides is 1. The molecule has 3 aromatic rings. The van der Waals surface area contributed by atoms with Crippen LogP contribution in [0.2, 0.25) is 5.02 Å². The van der Waals surface area contributed by atoms with Gasteiger partial charge in [-0.1, -0.05) is 62.7 Å². The van der Waals surface area contributed by atoms with Crippen molar-refractivity contribution in [3.05, 3.63) is 104 Å². The largest absolute Gasteiger partial charge is 0.416 e. The average Bonchev–Trinajstić information content (AvgIpc) is 2.79. The van der Waals surface area contributed by atoms with Crippen molar-refractivity contribution in [2.45, 2.75) is 45.3 Å². The fourth-order valence-electron chi connectivity index (χ4n) is 3.62. The van der Waals surface area contributed by atoms with Gasteiger partial charge in [0.1, 0.15) is 5.82 Å². The van der Waals surface area contributed by atoms with E-state index in [0.29, 0.717) is 17.7 Å². The quantitative estimate of drug-likeness (QED) is 0.264. The minimum Gasteiger partial charge on any atom is -0.334 e. The maximum Gasteiger partial charge on any atom is 0.416 e. The second-order valence-corrected chi connectivity index (χ2v) is 10.8. The Bertz CT molecular complexity index is 1250. The van der Waals surface area contributed by atoms with E-state index < -0.39 is 39.9 Å². The van der Waals surface area contributed by atoms with E-state index in [1.807, 2.05) is 24.3 Å². The van der Waals surface area contributed by atoms with Crippen LogP contribution in [0.1, 0.15) is 53.4 Å². The summed E-state index contributed by atoms with van der Waals surface area (Å²) in [5, 5.41) is -0.787. The van der Waals surface area contributed by atoms with Crippen LogP contribution in [-0.2, 0) is 24.6 Å². The molecule has 3 aromatic carbocycles. The molecule has 0 saturated heterocycles. The highest BCUT2D eigenvalue weighted by Gasteiger charge is 2.34. The third-order valence-electron chi connectivity index (χ3n) is 5.72. The summed E-state index contributed by atoms with van der Waals surface area (Å²) in [6.45, 7) is 6.24. The first-order valence-electron chi connectivity index (χ1n) is 11.1. The molecule has 3 rings (SSSR count). The topological polar surface area (TPSA) is 20.3 Å². The molecule has 192 valence electrons. The van der Waals surface area contributed by atoms with E-state index in [1.165, 1.54) is 11.0 Å². The van der Waals surface area contributed by atoms with Crippen LogP contribution in [0.3, 0.4) is 0 Å². The summed E-state index contributed by atoms with van der Waals surface area (Å²) in [4.78, 5) is 14.6. The molecule has 0 unspecified atom stereocenters. The predicted octanol–water partition coefficient (Wildman–Crippen LogP) is 8.58. The molecule has 0 atom stereocenters. The van der Waals surface area contributed by atoms with Gasteiger partial charge in [0.25, 0.3) is 5.91 Å². The maximum atomic E-state index is 14.8. The van der Waals surface area contributed by atoms with Crippen LogP contribution in [0.5, 0.6) is 0 Å². The van der Waals surface area contributed by atoms with Crippen molar-refractivity contribution in [2.24, 2.45) is 0 Å². The van der Waals surface area contributed by atoms with Gasteiger partial charge in [0.2, 0.25) is 0 Å². The number of hydrogen-bond donors (Lipinski definition) is 0. The Balaban J connectivity index is 1.96. The summed E-state index contributed by atoms with van der Waals surface area (Å²) in [7, 11) is 0.